The number of hydrogen-bond donors (Lipinski definition) is 1. The fraction of sp³-hybridized carbons (Fsp3) is 0.414. The van der Waals surface area contributed by atoms with E-state index in [2.05, 4.69) is 15.2 Å². The fourth-order valence-corrected chi connectivity index (χ4v) is 4.79. The van der Waals surface area contributed by atoms with Gasteiger partial charge in [0.05, 0.1) is 17.3 Å². The molecule has 0 unspecified atom stereocenters. The van der Waals surface area contributed by atoms with Crippen LogP contribution in [0.4, 0.5) is 0 Å². The van der Waals surface area contributed by atoms with Gasteiger partial charge >= 0.3 is 0 Å². The van der Waals surface area contributed by atoms with Crippen LogP contribution in [0, 0.1) is 6.92 Å². The maximum absolute atomic E-state index is 13.1. The number of rotatable bonds is 9. The summed E-state index contributed by atoms with van der Waals surface area (Å²) in [7, 11) is 4.08. The van der Waals surface area contributed by atoms with Gasteiger partial charge in [0.2, 0.25) is 0 Å². The van der Waals surface area contributed by atoms with Crippen molar-refractivity contribution in [3.63, 3.8) is 0 Å². The van der Waals surface area contributed by atoms with Crippen molar-refractivity contribution < 1.29 is 9.53 Å². The fourth-order valence-electron chi connectivity index (χ4n) is 4.62. The molecule has 1 aromatic carbocycles. The van der Waals surface area contributed by atoms with E-state index in [0.717, 1.165) is 61.0 Å². The standard InChI is InChI=1S/C29H35ClN4O2/c1-20-23(11-7-16-31-20)24-13-15-26(29(35)32-22-9-5-4-6-10-22)33-28(24)21-12-14-25(30)27(19-21)36-18-8-17-34(2)3/h7,11-16,19,22H,4-6,8-10,17-18H2,1-3H3,(H,32,35). The molecule has 0 aliphatic heterocycles. The maximum Gasteiger partial charge on any atom is 0.270 e. The Kier molecular flexibility index (Phi) is 8.94. The van der Waals surface area contributed by atoms with E-state index < -0.39 is 0 Å². The second kappa shape index (κ2) is 12.3. The van der Waals surface area contributed by atoms with E-state index in [1.54, 1.807) is 12.3 Å². The number of carbonyl (C=O) groups excluding carboxylic acids is 1. The minimum Gasteiger partial charge on any atom is -0.492 e. The third kappa shape index (κ3) is 6.62. The Bertz CT molecular complexity index is 1190. The molecule has 3 aromatic rings. The minimum atomic E-state index is -0.133. The lowest BCUT2D eigenvalue weighted by Crippen LogP contribution is -2.36. The van der Waals surface area contributed by atoms with Crippen molar-refractivity contribution in [3.05, 3.63) is 65.1 Å². The van der Waals surface area contributed by atoms with E-state index in [0.29, 0.717) is 28.8 Å². The Balaban J connectivity index is 1.68. The Hall–Kier alpha value is -2.96. The number of hydrogen-bond acceptors (Lipinski definition) is 5. The van der Waals surface area contributed by atoms with Gasteiger partial charge in [0.1, 0.15) is 11.4 Å². The van der Waals surface area contributed by atoms with Gasteiger partial charge in [-0.15, -0.1) is 0 Å². The monoisotopic (exact) mass is 506 g/mol. The lowest BCUT2D eigenvalue weighted by Gasteiger charge is -2.22. The van der Waals surface area contributed by atoms with Gasteiger partial charge in [-0.1, -0.05) is 43.0 Å². The molecule has 2 heterocycles. The molecular weight excluding hydrogens is 472 g/mol. The van der Waals surface area contributed by atoms with Crippen molar-refractivity contribution in [2.45, 2.75) is 51.5 Å². The molecule has 1 aliphatic carbocycles. The van der Waals surface area contributed by atoms with E-state index in [1.807, 2.05) is 57.4 Å². The Morgan fingerprint density at radius 2 is 1.92 bits per heavy atom. The lowest BCUT2D eigenvalue weighted by molar-refractivity contribution is 0.0923. The van der Waals surface area contributed by atoms with E-state index in [-0.39, 0.29) is 11.9 Å². The first-order valence-electron chi connectivity index (χ1n) is 12.7. The first kappa shape index (κ1) is 26.1. The summed E-state index contributed by atoms with van der Waals surface area (Å²) < 4.78 is 6.02. The number of halogens is 1. The van der Waals surface area contributed by atoms with Crippen LogP contribution in [0.5, 0.6) is 5.75 Å². The van der Waals surface area contributed by atoms with Crippen LogP contribution < -0.4 is 10.1 Å². The largest absolute Gasteiger partial charge is 0.492 e. The number of aryl methyl sites for hydroxylation is 1. The van der Waals surface area contributed by atoms with Crippen LogP contribution in [0.15, 0.2) is 48.7 Å². The minimum absolute atomic E-state index is 0.133. The van der Waals surface area contributed by atoms with E-state index in [1.165, 1.54) is 6.42 Å². The summed E-state index contributed by atoms with van der Waals surface area (Å²) in [5.41, 5.74) is 4.74. The average molecular weight is 507 g/mol. The van der Waals surface area contributed by atoms with Gasteiger partial charge in [0, 0.05) is 41.2 Å². The van der Waals surface area contributed by atoms with Crippen molar-refractivity contribution >= 4 is 17.5 Å². The topological polar surface area (TPSA) is 67.3 Å². The highest BCUT2D eigenvalue weighted by Crippen LogP contribution is 2.36. The number of benzene rings is 1. The zero-order chi connectivity index (χ0) is 25.5. The maximum atomic E-state index is 13.1. The van der Waals surface area contributed by atoms with Gasteiger partial charge in [-0.3, -0.25) is 9.78 Å². The van der Waals surface area contributed by atoms with E-state index in [9.17, 15) is 4.79 Å². The molecule has 2 aromatic heterocycles. The average Bonchev–Trinajstić information content (AvgIpc) is 2.88. The first-order valence-corrected chi connectivity index (χ1v) is 13.1. The highest BCUT2D eigenvalue weighted by molar-refractivity contribution is 6.32. The number of pyridine rings is 2. The molecular formula is C29H35ClN4O2. The van der Waals surface area contributed by atoms with Gasteiger partial charge in [-0.05, 0) is 70.6 Å². The van der Waals surface area contributed by atoms with Crippen molar-refractivity contribution in [1.29, 1.82) is 0 Å². The molecule has 0 bridgehead atoms. The van der Waals surface area contributed by atoms with Crippen molar-refractivity contribution in [2.75, 3.05) is 27.2 Å². The van der Waals surface area contributed by atoms with Crippen LogP contribution in [0.1, 0.15) is 54.7 Å². The lowest BCUT2D eigenvalue weighted by atomic mass is 9.95. The highest BCUT2D eigenvalue weighted by atomic mass is 35.5. The molecule has 190 valence electrons. The van der Waals surface area contributed by atoms with Crippen molar-refractivity contribution in [1.82, 2.24) is 20.2 Å². The second-order valence-electron chi connectivity index (χ2n) is 9.69. The van der Waals surface area contributed by atoms with Crippen LogP contribution in [0.25, 0.3) is 22.4 Å². The summed E-state index contributed by atoms with van der Waals surface area (Å²) in [6.07, 6.45) is 8.27. The molecule has 4 rings (SSSR count). The summed E-state index contributed by atoms with van der Waals surface area (Å²) in [6, 6.07) is 13.6. The van der Waals surface area contributed by atoms with Crippen molar-refractivity contribution in [3.8, 4) is 28.1 Å². The summed E-state index contributed by atoms with van der Waals surface area (Å²) >= 11 is 6.47. The molecule has 0 atom stereocenters. The second-order valence-corrected chi connectivity index (χ2v) is 10.1. The number of aromatic nitrogens is 2. The summed E-state index contributed by atoms with van der Waals surface area (Å²) in [6.45, 7) is 3.47. The smallest absolute Gasteiger partial charge is 0.270 e. The quantitative estimate of drug-likeness (QED) is 0.352. The number of carbonyl (C=O) groups is 1. The molecule has 0 spiro atoms. The van der Waals surface area contributed by atoms with Crippen LogP contribution in [-0.2, 0) is 0 Å². The normalized spacial score (nSPS) is 14.1. The Morgan fingerprint density at radius 1 is 1.11 bits per heavy atom. The molecule has 1 saturated carbocycles. The molecule has 0 saturated heterocycles. The molecule has 0 radical (unpaired) electrons. The van der Waals surface area contributed by atoms with Crippen molar-refractivity contribution in [2.24, 2.45) is 0 Å². The van der Waals surface area contributed by atoms with Crippen LogP contribution in [0.3, 0.4) is 0 Å². The van der Waals surface area contributed by atoms with Crippen LogP contribution in [-0.4, -0.2) is 54.1 Å². The number of nitrogens with zero attached hydrogens (tertiary/aromatic N) is 3. The zero-order valence-corrected chi connectivity index (χ0v) is 22.1. The molecule has 1 amide bonds. The van der Waals surface area contributed by atoms with Gasteiger partial charge in [-0.2, -0.15) is 0 Å². The first-order chi connectivity index (χ1) is 17.4. The summed E-state index contributed by atoms with van der Waals surface area (Å²) in [5, 5.41) is 3.73. The highest BCUT2D eigenvalue weighted by Gasteiger charge is 2.20. The van der Waals surface area contributed by atoms with Gasteiger partial charge in [0.15, 0.2) is 0 Å². The SMILES string of the molecule is Cc1ncccc1-c1ccc(C(=O)NC2CCCCC2)nc1-c1ccc(Cl)c(OCCCN(C)C)c1. The Labute approximate surface area is 219 Å². The molecule has 7 heteroatoms. The van der Waals surface area contributed by atoms with E-state index >= 15 is 0 Å². The molecule has 36 heavy (non-hydrogen) atoms. The van der Waals surface area contributed by atoms with Gasteiger partial charge in [0.25, 0.3) is 5.91 Å². The molecule has 1 N–H and O–H groups in total. The third-order valence-corrected chi connectivity index (χ3v) is 6.89. The molecule has 6 nitrogen and oxygen atoms in total. The van der Waals surface area contributed by atoms with Gasteiger partial charge < -0.3 is 15.0 Å². The molecule has 1 fully saturated rings. The van der Waals surface area contributed by atoms with Gasteiger partial charge in [-0.25, -0.2) is 4.98 Å². The molecule has 1 aliphatic rings. The van der Waals surface area contributed by atoms with Crippen LogP contribution >= 0.6 is 11.6 Å². The zero-order valence-electron chi connectivity index (χ0n) is 21.4. The number of nitrogens with one attached hydrogen (secondary N) is 1. The third-order valence-electron chi connectivity index (χ3n) is 6.58. The predicted octanol–water partition coefficient (Wildman–Crippen LogP) is 6.17. The van der Waals surface area contributed by atoms with E-state index in [4.69, 9.17) is 21.3 Å². The van der Waals surface area contributed by atoms with Crippen LogP contribution in [0.2, 0.25) is 5.02 Å². The Morgan fingerprint density at radius 3 is 2.67 bits per heavy atom. The summed E-state index contributed by atoms with van der Waals surface area (Å²) in [5.74, 6) is 0.479. The summed E-state index contributed by atoms with van der Waals surface area (Å²) in [4.78, 5) is 24.6. The predicted molar refractivity (Wildman–Crippen MR) is 146 cm³/mol. The number of amides is 1. The number of ether oxygens (including phenoxy) is 1.